The molecular weight excluding hydrogens is 246 g/mol. The van der Waals surface area contributed by atoms with Crippen molar-refractivity contribution in [3.05, 3.63) is 36.1 Å². The van der Waals surface area contributed by atoms with E-state index in [1.54, 1.807) is 6.26 Å². The second-order valence-corrected chi connectivity index (χ2v) is 4.17. The van der Waals surface area contributed by atoms with Crippen LogP contribution in [-0.2, 0) is 16.0 Å². The van der Waals surface area contributed by atoms with Crippen molar-refractivity contribution < 1.29 is 19.1 Å². The second kappa shape index (κ2) is 6.92. The number of hydrogen-bond donors (Lipinski definition) is 2. The zero-order valence-corrected chi connectivity index (χ0v) is 10.6. The highest BCUT2D eigenvalue weighted by Gasteiger charge is 2.02. The number of carbonyl (C=O) groups excluding carboxylic acids is 1. The summed E-state index contributed by atoms with van der Waals surface area (Å²) >= 11 is 0. The first-order valence-corrected chi connectivity index (χ1v) is 6.21. The largest absolute Gasteiger partial charge is 0.464 e. The van der Waals surface area contributed by atoms with Gasteiger partial charge in [-0.3, -0.25) is 4.79 Å². The summed E-state index contributed by atoms with van der Waals surface area (Å²) in [7, 11) is 0. The molecule has 0 saturated carbocycles. The van der Waals surface area contributed by atoms with E-state index in [1.807, 2.05) is 24.3 Å². The average molecular weight is 263 g/mol. The minimum atomic E-state index is -0.209. The highest BCUT2D eigenvalue weighted by Crippen LogP contribution is 2.17. The summed E-state index contributed by atoms with van der Waals surface area (Å²) in [6, 6.07) is 7.88. The predicted octanol–water partition coefficient (Wildman–Crippen LogP) is 1.10. The number of aliphatic hydroxyl groups is 1. The Balaban J connectivity index is 1.72. The number of fused-ring (bicyclic) bond motifs is 1. The fraction of sp³-hybridized carbons (Fsp3) is 0.357. The molecule has 2 aromatic rings. The molecule has 1 aromatic heterocycles. The standard InChI is InChI=1S/C14H17NO4/c16-6-5-15-14(17)10-18-7-3-11-1-2-13-12(9-11)4-8-19-13/h1-2,4,8-9,16H,3,5-7,10H2,(H,15,17). The summed E-state index contributed by atoms with van der Waals surface area (Å²) in [6.07, 6.45) is 2.41. The quantitative estimate of drug-likeness (QED) is 0.734. The van der Waals surface area contributed by atoms with Crippen LogP contribution in [-0.4, -0.2) is 37.4 Å². The third-order valence-electron chi connectivity index (χ3n) is 2.72. The van der Waals surface area contributed by atoms with E-state index in [9.17, 15) is 4.79 Å². The van der Waals surface area contributed by atoms with E-state index in [4.69, 9.17) is 14.3 Å². The molecular formula is C14H17NO4. The minimum absolute atomic E-state index is 0.0218. The lowest BCUT2D eigenvalue weighted by molar-refractivity contribution is -0.125. The Morgan fingerprint density at radius 1 is 1.37 bits per heavy atom. The molecule has 1 heterocycles. The Morgan fingerprint density at radius 3 is 3.11 bits per heavy atom. The van der Waals surface area contributed by atoms with Crippen LogP contribution >= 0.6 is 0 Å². The zero-order valence-electron chi connectivity index (χ0n) is 10.6. The lowest BCUT2D eigenvalue weighted by Crippen LogP contribution is -2.30. The monoisotopic (exact) mass is 263 g/mol. The number of furan rings is 1. The molecule has 5 heteroatoms. The van der Waals surface area contributed by atoms with Crippen LogP contribution in [0.3, 0.4) is 0 Å². The fourth-order valence-electron chi connectivity index (χ4n) is 1.77. The van der Waals surface area contributed by atoms with E-state index in [0.29, 0.717) is 6.61 Å². The number of carbonyl (C=O) groups is 1. The molecule has 0 fully saturated rings. The molecule has 1 aromatic carbocycles. The minimum Gasteiger partial charge on any atom is -0.464 e. The zero-order chi connectivity index (χ0) is 13.5. The van der Waals surface area contributed by atoms with Crippen LogP contribution in [0.5, 0.6) is 0 Å². The Bertz CT molecular complexity index is 535. The molecule has 0 radical (unpaired) electrons. The van der Waals surface area contributed by atoms with Gasteiger partial charge in [-0.25, -0.2) is 0 Å². The first-order valence-electron chi connectivity index (χ1n) is 6.21. The third kappa shape index (κ3) is 4.08. The highest BCUT2D eigenvalue weighted by molar-refractivity contribution is 5.78. The summed E-state index contributed by atoms with van der Waals surface area (Å²) in [5, 5.41) is 12.1. The highest BCUT2D eigenvalue weighted by atomic mass is 16.5. The average Bonchev–Trinajstić information content (AvgIpc) is 2.88. The molecule has 0 atom stereocenters. The van der Waals surface area contributed by atoms with E-state index >= 15 is 0 Å². The topological polar surface area (TPSA) is 71.7 Å². The molecule has 0 unspecified atom stereocenters. The van der Waals surface area contributed by atoms with Crippen LogP contribution in [0, 0.1) is 0 Å². The molecule has 5 nitrogen and oxygen atoms in total. The van der Waals surface area contributed by atoms with Crippen molar-refractivity contribution in [3.8, 4) is 0 Å². The van der Waals surface area contributed by atoms with Crippen LogP contribution < -0.4 is 5.32 Å². The van der Waals surface area contributed by atoms with Gasteiger partial charge in [0, 0.05) is 11.9 Å². The van der Waals surface area contributed by atoms with Crippen LogP contribution in [0.2, 0.25) is 0 Å². The van der Waals surface area contributed by atoms with Gasteiger partial charge < -0.3 is 19.6 Å². The smallest absolute Gasteiger partial charge is 0.246 e. The molecule has 0 saturated heterocycles. The van der Waals surface area contributed by atoms with Crippen LogP contribution in [0.1, 0.15) is 5.56 Å². The summed E-state index contributed by atoms with van der Waals surface area (Å²) in [5.41, 5.74) is 2.01. The van der Waals surface area contributed by atoms with Crippen molar-refractivity contribution in [2.24, 2.45) is 0 Å². The maximum atomic E-state index is 11.2. The lowest BCUT2D eigenvalue weighted by Gasteiger charge is -2.05. The molecule has 102 valence electrons. The number of aliphatic hydroxyl groups excluding tert-OH is 1. The van der Waals surface area contributed by atoms with Gasteiger partial charge in [0.15, 0.2) is 0 Å². The maximum absolute atomic E-state index is 11.2. The summed E-state index contributed by atoms with van der Waals surface area (Å²) in [5.74, 6) is -0.209. The Kier molecular flexibility index (Phi) is 4.94. The third-order valence-corrected chi connectivity index (χ3v) is 2.72. The van der Waals surface area contributed by atoms with Gasteiger partial charge in [-0.15, -0.1) is 0 Å². The molecule has 0 aliphatic carbocycles. The van der Waals surface area contributed by atoms with E-state index in [2.05, 4.69) is 5.32 Å². The fourth-order valence-corrected chi connectivity index (χ4v) is 1.77. The predicted molar refractivity (Wildman–Crippen MR) is 70.8 cm³/mol. The van der Waals surface area contributed by atoms with Crippen molar-refractivity contribution >= 4 is 16.9 Å². The molecule has 0 aliphatic rings. The van der Waals surface area contributed by atoms with E-state index < -0.39 is 0 Å². The molecule has 2 N–H and O–H groups in total. The van der Waals surface area contributed by atoms with E-state index in [-0.39, 0.29) is 25.7 Å². The Labute approximate surface area is 111 Å². The molecule has 0 bridgehead atoms. The van der Waals surface area contributed by atoms with Crippen LogP contribution in [0.15, 0.2) is 34.9 Å². The van der Waals surface area contributed by atoms with Gasteiger partial charge in [-0.1, -0.05) is 6.07 Å². The number of hydrogen-bond acceptors (Lipinski definition) is 4. The number of ether oxygens (including phenoxy) is 1. The molecule has 19 heavy (non-hydrogen) atoms. The van der Waals surface area contributed by atoms with Crippen LogP contribution in [0.25, 0.3) is 11.0 Å². The van der Waals surface area contributed by atoms with Gasteiger partial charge in [-0.2, -0.15) is 0 Å². The summed E-state index contributed by atoms with van der Waals surface area (Å²) in [4.78, 5) is 11.2. The van der Waals surface area contributed by atoms with E-state index in [1.165, 1.54) is 0 Å². The van der Waals surface area contributed by atoms with Gasteiger partial charge in [0.2, 0.25) is 5.91 Å². The first kappa shape index (κ1) is 13.6. The van der Waals surface area contributed by atoms with Gasteiger partial charge in [0.25, 0.3) is 0 Å². The van der Waals surface area contributed by atoms with Crippen LogP contribution in [0.4, 0.5) is 0 Å². The summed E-state index contributed by atoms with van der Waals surface area (Å²) in [6.45, 7) is 0.708. The van der Waals surface area contributed by atoms with Gasteiger partial charge in [-0.05, 0) is 30.2 Å². The lowest BCUT2D eigenvalue weighted by atomic mass is 10.1. The van der Waals surface area contributed by atoms with Gasteiger partial charge in [0.1, 0.15) is 12.2 Å². The normalized spacial score (nSPS) is 10.8. The number of nitrogens with one attached hydrogen (secondary N) is 1. The van der Waals surface area contributed by atoms with Crippen molar-refractivity contribution in [1.82, 2.24) is 5.32 Å². The summed E-state index contributed by atoms with van der Waals surface area (Å²) < 4.78 is 10.5. The molecule has 2 rings (SSSR count). The molecule has 0 aliphatic heterocycles. The Morgan fingerprint density at radius 2 is 2.26 bits per heavy atom. The second-order valence-electron chi connectivity index (χ2n) is 4.17. The van der Waals surface area contributed by atoms with Crippen molar-refractivity contribution in [2.45, 2.75) is 6.42 Å². The molecule has 1 amide bonds. The van der Waals surface area contributed by atoms with E-state index in [0.717, 1.165) is 23.0 Å². The van der Waals surface area contributed by atoms with Gasteiger partial charge >= 0.3 is 0 Å². The SMILES string of the molecule is O=C(COCCc1ccc2occc2c1)NCCO. The van der Waals surface area contributed by atoms with Gasteiger partial charge in [0.05, 0.1) is 19.5 Å². The molecule has 0 spiro atoms. The number of amides is 1. The van der Waals surface area contributed by atoms with Crippen molar-refractivity contribution in [2.75, 3.05) is 26.4 Å². The first-order chi connectivity index (χ1) is 9.29. The maximum Gasteiger partial charge on any atom is 0.246 e. The number of rotatable bonds is 7. The number of benzene rings is 1. The Hall–Kier alpha value is -1.85. The van der Waals surface area contributed by atoms with Crippen molar-refractivity contribution in [3.63, 3.8) is 0 Å². The van der Waals surface area contributed by atoms with Crippen molar-refractivity contribution in [1.29, 1.82) is 0 Å².